The first-order valence-electron chi connectivity index (χ1n) is 4.53. The number of hydrogen-bond donors (Lipinski definition) is 1. The number of rotatable bonds is 0. The van der Waals surface area contributed by atoms with Gasteiger partial charge in [0.05, 0.1) is 0 Å². The van der Waals surface area contributed by atoms with Gasteiger partial charge in [0.25, 0.3) is 0 Å². The van der Waals surface area contributed by atoms with Crippen LogP contribution in [0.5, 0.6) is 0 Å². The first kappa shape index (κ1) is 11.4. The van der Waals surface area contributed by atoms with E-state index >= 15 is 0 Å². The number of carbonyl (C=O) groups excluding carboxylic acids is 1. The van der Waals surface area contributed by atoms with E-state index in [2.05, 4.69) is 17.3 Å². The Bertz CT molecular complexity index is 120. The minimum absolute atomic E-state index is 0.00463. The van der Waals surface area contributed by atoms with E-state index in [1.54, 1.807) is 7.05 Å². The van der Waals surface area contributed by atoms with Gasteiger partial charge in [0, 0.05) is 14.0 Å². The number of nitrogens with one attached hydrogen (secondary N) is 1. The Kier molecular flexibility index (Phi) is 6.76. The summed E-state index contributed by atoms with van der Waals surface area (Å²) in [4.78, 5) is 12.1. The summed E-state index contributed by atoms with van der Waals surface area (Å²) in [7, 11) is 3.79. The Hall–Kier alpha value is -0.570. The minimum Gasteiger partial charge on any atom is -0.359 e. The normalized spacial score (nSPS) is 17.6. The second kappa shape index (κ2) is 7.10. The van der Waals surface area contributed by atoms with Crippen molar-refractivity contribution in [2.75, 3.05) is 27.2 Å². The van der Waals surface area contributed by atoms with Crippen molar-refractivity contribution in [2.24, 2.45) is 0 Å². The third kappa shape index (κ3) is 7.54. The Morgan fingerprint density at radius 1 is 1.25 bits per heavy atom. The van der Waals surface area contributed by atoms with E-state index in [4.69, 9.17) is 0 Å². The van der Waals surface area contributed by atoms with E-state index in [1.165, 1.54) is 39.3 Å². The Labute approximate surface area is 75.1 Å². The predicted molar refractivity (Wildman–Crippen MR) is 51.1 cm³/mol. The Morgan fingerprint density at radius 2 is 1.67 bits per heavy atom. The van der Waals surface area contributed by atoms with E-state index in [9.17, 15) is 4.79 Å². The third-order valence-corrected chi connectivity index (χ3v) is 1.93. The van der Waals surface area contributed by atoms with Crippen molar-refractivity contribution >= 4 is 5.91 Å². The molecule has 0 aromatic heterocycles. The maximum absolute atomic E-state index is 9.70. The molecule has 0 bridgehead atoms. The van der Waals surface area contributed by atoms with Gasteiger partial charge in [0.1, 0.15) is 0 Å². The maximum atomic E-state index is 9.70. The molecule has 0 atom stereocenters. The van der Waals surface area contributed by atoms with Gasteiger partial charge in [-0.1, -0.05) is 6.42 Å². The van der Waals surface area contributed by atoms with Crippen molar-refractivity contribution in [3.05, 3.63) is 0 Å². The van der Waals surface area contributed by atoms with Gasteiger partial charge in [-0.3, -0.25) is 4.79 Å². The van der Waals surface area contributed by atoms with Crippen LogP contribution in [0.4, 0.5) is 0 Å². The number of piperidine rings is 1. The molecule has 1 aliphatic heterocycles. The molecule has 1 amide bonds. The lowest BCUT2D eigenvalue weighted by molar-refractivity contribution is -0.118. The van der Waals surface area contributed by atoms with Crippen LogP contribution in [0.15, 0.2) is 0 Å². The summed E-state index contributed by atoms with van der Waals surface area (Å²) in [6.45, 7) is 4.11. The minimum atomic E-state index is 0.00463. The lowest BCUT2D eigenvalue weighted by Gasteiger charge is -2.20. The summed E-state index contributed by atoms with van der Waals surface area (Å²) in [5.74, 6) is 0.00463. The molecular formula is C9H20N2O. The highest BCUT2D eigenvalue weighted by atomic mass is 16.1. The second-order valence-corrected chi connectivity index (χ2v) is 3.17. The van der Waals surface area contributed by atoms with E-state index in [-0.39, 0.29) is 5.91 Å². The molecule has 0 unspecified atom stereocenters. The zero-order valence-corrected chi connectivity index (χ0v) is 8.39. The van der Waals surface area contributed by atoms with E-state index in [0.29, 0.717) is 0 Å². The van der Waals surface area contributed by atoms with Crippen LogP contribution in [-0.4, -0.2) is 38.0 Å². The summed E-state index contributed by atoms with van der Waals surface area (Å²) in [6, 6.07) is 0. The van der Waals surface area contributed by atoms with E-state index in [1.807, 2.05) is 0 Å². The number of amides is 1. The predicted octanol–water partition coefficient (Wildman–Crippen LogP) is 0.854. The first-order valence-corrected chi connectivity index (χ1v) is 4.53. The SMILES string of the molecule is CN1CCCCC1.CNC(C)=O. The lowest BCUT2D eigenvalue weighted by Crippen LogP contribution is -2.24. The van der Waals surface area contributed by atoms with Gasteiger partial charge in [0.2, 0.25) is 5.91 Å². The van der Waals surface area contributed by atoms with Gasteiger partial charge < -0.3 is 10.2 Å². The van der Waals surface area contributed by atoms with Crippen LogP contribution in [0.3, 0.4) is 0 Å². The van der Waals surface area contributed by atoms with Crippen molar-refractivity contribution < 1.29 is 4.79 Å². The highest BCUT2D eigenvalue weighted by molar-refractivity contribution is 5.72. The molecule has 1 saturated heterocycles. The van der Waals surface area contributed by atoms with Crippen LogP contribution in [0.1, 0.15) is 26.2 Å². The fourth-order valence-corrected chi connectivity index (χ4v) is 1.05. The number of nitrogens with zero attached hydrogens (tertiary/aromatic N) is 1. The van der Waals surface area contributed by atoms with Crippen molar-refractivity contribution in [3.63, 3.8) is 0 Å². The van der Waals surface area contributed by atoms with E-state index < -0.39 is 0 Å². The molecule has 3 nitrogen and oxygen atoms in total. The molecule has 1 heterocycles. The quantitative estimate of drug-likeness (QED) is 0.587. The topological polar surface area (TPSA) is 32.3 Å². The molecule has 0 saturated carbocycles. The fraction of sp³-hybridized carbons (Fsp3) is 0.889. The zero-order valence-electron chi connectivity index (χ0n) is 8.39. The standard InChI is InChI=1S/C6H13N.C3H7NO/c1-7-5-3-2-4-6-7;1-3(5)4-2/h2-6H2,1H3;1-2H3,(H,4,5). The molecule has 1 fully saturated rings. The summed E-state index contributed by atoms with van der Waals surface area (Å²) < 4.78 is 0. The molecule has 0 radical (unpaired) electrons. The summed E-state index contributed by atoms with van der Waals surface area (Å²) in [5, 5.41) is 2.39. The van der Waals surface area contributed by atoms with Crippen molar-refractivity contribution in [1.29, 1.82) is 0 Å². The molecule has 0 aromatic rings. The molecule has 72 valence electrons. The van der Waals surface area contributed by atoms with Crippen LogP contribution < -0.4 is 5.32 Å². The molecule has 0 aromatic carbocycles. The molecule has 0 spiro atoms. The van der Waals surface area contributed by atoms with Gasteiger partial charge in [-0.15, -0.1) is 0 Å². The van der Waals surface area contributed by atoms with Gasteiger partial charge in [0.15, 0.2) is 0 Å². The molecular weight excluding hydrogens is 152 g/mol. The average molecular weight is 172 g/mol. The van der Waals surface area contributed by atoms with Gasteiger partial charge >= 0.3 is 0 Å². The van der Waals surface area contributed by atoms with Crippen LogP contribution in [0, 0.1) is 0 Å². The Balaban J connectivity index is 0.000000217. The summed E-state index contributed by atoms with van der Waals surface area (Å²) >= 11 is 0. The monoisotopic (exact) mass is 172 g/mol. The lowest BCUT2D eigenvalue weighted by atomic mass is 10.1. The van der Waals surface area contributed by atoms with Crippen LogP contribution in [0.2, 0.25) is 0 Å². The maximum Gasteiger partial charge on any atom is 0.216 e. The molecule has 1 rings (SSSR count). The molecule has 1 N–H and O–H groups in total. The van der Waals surface area contributed by atoms with E-state index in [0.717, 1.165) is 0 Å². The smallest absolute Gasteiger partial charge is 0.216 e. The Morgan fingerprint density at radius 3 is 1.83 bits per heavy atom. The zero-order chi connectivity index (χ0) is 9.40. The average Bonchev–Trinajstić information content (AvgIpc) is 2.07. The van der Waals surface area contributed by atoms with Gasteiger partial charge in [-0.2, -0.15) is 0 Å². The molecule has 12 heavy (non-hydrogen) atoms. The van der Waals surface area contributed by atoms with Crippen LogP contribution in [0.25, 0.3) is 0 Å². The molecule has 1 aliphatic rings. The highest BCUT2D eigenvalue weighted by Crippen LogP contribution is 2.04. The fourth-order valence-electron chi connectivity index (χ4n) is 1.05. The van der Waals surface area contributed by atoms with Gasteiger partial charge in [-0.25, -0.2) is 0 Å². The van der Waals surface area contributed by atoms with Crippen molar-refractivity contribution in [2.45, 2.75) is 26.2 Å². The van der Waals surface area contributed by atoms with Crippen molar-refractivity contribution in [1.82, 2.24) is 10.2 Å². The second-order valence-electron chi connectivity index (χ2n) is 3.17. The number of likely N-dealkylation sites (tertiary alicyclic amines) is 1. The number of carbonyl (C=O) groups is 1. The first-order chi connectivity index (χ1) is 5.66. The molecule has 3 heteroatoms. The summed E-state index contributed by atoms with van der Waals surface area (Å²) in [5.41, 5.74) is 0. The molecule has 0 aliphatic carbocycles. The summed E-state index contributed by atoms with van der Waals surface area (Å²) in [6.07, 6.45) is 4.28. The number of hydrogen-bond acceptors (Lipinski definition) is 2. The largest absolute Gasteiger partial charge is 0.359 e. The van der Waals surface area contributed by atoms with Gasteiger partial charge in [-0.05, 0) is 33.0 Å². The van der Waals surface area contributed by atoms with Crippen molar-refractivity contribution in [3.8, 4) is 0 Å². The van der Waals surface area contributed by atoms with Crippen LogP contribution in [-0.2, 0) is 4.79 Å². The third-order valence-electron chi connectivity index (χ3n) is 1.93. The highest BCUT2D eigenvalue weighted by Gasteiger charge is 2.02. The van der Waals surface area contributed by atoms with Crippen LogP contribution >= 0.6 is 0 Å².